The van der Waals surface area contributed by atoms with E-state index in [-0.39, 0.29) is 22.2 Å². The van der Waals surface area contributed by atoms with Crippen LogP contribution in [-0.4, -0.2) is 20.8 Å². The minimum Gasteiger partial charge on any atom is -0.508 e. The van der Waals surface area contributed by atoms with Crippen molar-refractivity contribution in [1.82, 2.24) is 9.78 Å². The largest absolute Gasteiger partial charge is 0.508 e. The summed E-state index contributed by atoms with van der Waals surface area (Å²) in [6.45, 7) is 0. The zero-order valence-corrected chi connectivity index (χ0v) is 16.0. The number of phenolic OH excluding ortho intramolecular Hbond substituents is 1. The fraction of sp³-hybridized carbons (Fsp3) is 0.0476. The standard InChI is InChI=1S/C21H10ClF5N2O2/c22-14-4-1-3-13(21(25,26)27)17(14)20(31)29-16-6-2-5-15(24)18(16)19(28-29)10-7-11(23)9-12(30)8-10/h1-9,30H. The molecule has 4 aromatic rings. The molecule has 4 rings (SSSR count). The van der Waals surface area contributed by atoms with Crippen molar-refractivity contribution in [3.05, 3.63) is 82.4 Å². The molecule has 0 fully saturated rings. The number of carbonyl (C=O) groups is 1. The van der Waals surface area contributed by atoms with Crippen LogP contribution in [-0.2, 0) is 6.18 Å². The lowest BCUT2D eigenvalue weighted by Crippen LogP contribution is -2.20. The number of phenols is 1. The van der Waals surface area contributed by atoms with Gasteiger partial charge in [-0.1, -0.05) is 23.7 Å². The van der Waals surface area contributed by atoms with Crippen molar-refractivity contribution < 1.29 is 31.9 Å². The summed E-state index contributed by atoms with van der Waals surface area (Å²) in [5, 5.41) is 12.9. The van der Waals surface area contributed by atoms with Gasteiger partial charge >= 0.3 is 6.18 Å². The lowest BCUT2D eigenvalue weighted by atomic mass is 10.1. The molecule has 0 bridgehead atoms. The van der Waals surface area contributed by atoms with Crippen LogP contribution in [0.3, 0.4) is 0 Å². The normalized spacial score (nSPS) is 11.8. The maximum atomic E-state index is 14.6. The molecule has 0 atom stereocenters. The van der Waals surface area contributed by atoms with Crippen LogP contribution in [0.15, 0.2) is 54.6 Å². The quantitative estimate of drug-likeness (QED) is 0.377. The first-order chi connectivity index (χ1) is 14.6. The van der Waals surface area contributed by atoms with Crippen molar-refractivity contribution in [2.24, 2.45) is 0 Å². The number of halogens is 6. The highest BCUT2D eigenvalue weighted by atomic mass is 35.5. The van der Waals surface area contributed by atoms with E-state index in [1.165, 1.54) is 12.1 Å². The molecule has 0 aliphatic heterocycles. The summed E-state index contributed by atoms with van der Waals surface area (Å²) in [6, 6.07) is 9.26. The number of hydrogen-bond acceptors (Lipinski definition) is 3. The lowest BCUT2D eigenvalue weighted by Gasteiger charge is -2.13. The van der Waals surface area contributed by atoms with E-state index >= 15 is 0 Å². The predicted molar refractivity (Wildman–Crippen MR) is 103 cm³/mol. The van der Waals surface area contributed by atoms with E-state index in [4.69, 9.17) is 11.6 Å². The number of rotatable bonds is 2. The third-order valence-corrected chi connectivity index (χ3v) is 4.85. The Hall–Kier alpha value is -3.46. The fourth-order valence-corrected chi connectivity index (χ4v) is 3.53. The molecular formula is C21H10ClF5N2O2. The van der Waals surface area contributed by atoms with E-state index in [9.17, 15) is 31.9 Å². The average molecular weight is 453 g/mol. The third kappa shape index (κ3) is 3.61. The highest BCUT2D eigenvalue weighted by molar-refractivity contribution is 6.34. The molecule has 0 amide bonds. The average Bonchev–Trinajstić information content (AvgIpc) is 3.07. The summed E-state index contributed by atoms with van der Waals surface area (Å²) < 4.78 is 69.4. The Morgan fingerprint density at radius 1 is 1.03 bits per heavy atom. The van der Waals surface area contributed by atoms with Crippen molar-refractivity contribution >= 4 is 28.4 Å². The van der Waals surface area contributed by atoms with Crippen molar-refractivity contribution in [2.75, 3.05) is 0 Å². The van der Waals surface area contributed by atoms with Gasteiger partial charge in [-0.05, 0) is 36.4 Å². The lowest BCUT2D eigenvalue weighted by molar-refractivity contribution is -0.137. The summed E-state index contributed by atoms with van der Waals surface area (Å²) in [5.41, 5.74) is -2.61. The first-order valence-electron chi connectivity index (χ1n) is 8.65. The molecule has 31 heavy (non-hydrogen) atoms. The number of benzene rings is 3. The van der Waals surface area contributed by atoms with Gasteiger partial charge in [0, 0.05) is 11.6 Å². The Labute approximate surface area is 176 Å². The minimum absolute atomic E-state index is 0.0747. The van der Waals surface area contributed by atoms with Crippen molar-refractivity contribution in [2.45, 2.75) is 6.18 Å². The van der Waals surface area contributed by atoms with Gasteiger partial charge in [0.25, 0.3) is 5.91 Å². The topological polar surface area (TPSA) is 55.1 Å². The van der Waals surface area contributed by atoms with Crippen molar-refractivity contribution in [1.29, 1.82) is 0 Å². The van der Waals surface area contributed by atoms with E-state index in [0.717, 1.165) is 36.4 Å². The number of alkyl halides is 3. The van der Waals surface area contributed by atoms with Gasteiger partial charge < -0.3 is 5.11 Å². The van der Waals surface area contributed by atoms with Crippen LogP contribution in [0.5, 0.6) is 5.75 Å². The highest BCUT2D eigenvalue weighted by Gasteiger charge is 2.37. The molecule has 0 unspecified atom stereocenters. The number of hydrogen-bond donors (Lipinski definition) is 1. The van der Waals surface area contributed by atoms with E-state index in [1.807, 2.05) is 0 Å². The maximum Gasteiger partial charge on any atom is 0.417 e. The summed E-state index contributed by atoms with van der Waals surface area (Å²) in [6.07, 6.45) is -4.89. The molecular weight excluding hydrogens is 443 g/mol. The monoisotopic (exact) mass is 452 g/mol. The van der Waals surface area contributed by atoms with E-state index in [0.29, 0.717) is 10.7 Å². The van der Waals surface area contributed by atoms with Crippen LogP contribution in [0, 0.1) is 11.6 Å². The molecule has 0 saturated carbocycles. The maximum absolute atomic E-state index is 14.6. The molecule has 4 nitrogen and oxygen atoms in total. The van der Waals surface area contributed by atoms with E-state index < -0.39 is 45.6 Å². The van der Waals surface area contributed by atoms with Gasteiger partial charge in [-0.25, -0.2) is 8.78 Å². The molecule has 1 N–H and O–H groups in total. The molecule has 158 valence electrons. The van der Waals surface area contributed by atoms with Gasteiger partial charge in [0.05, 0.1) is 27.1 Å². The van der Waals surface area contributed by atoms with E-state index in [2.05, 4.69) is 5.10 Å². The summed E-state index contributed by atoms with van der Waals surface area (Å²) in [7, 11) is 0. The van der Waals surface area contributed by atoms with Gasteiger partial charge in [0.2, 0.25) is 0 Å². The molecule has 0 radical (unpaired) electrons. The van der Waals surface area contributed by atoms with E-state index in [1.54, 1.807) is 0 Å². The van der Waals surface area contributed by atoms with Crippen LogP contribution in [0.4, 0.5) is 22.0 Å². The minimum atomic E-state index is -4.89. The smallest absolute Gasteiger partial charge is 0.417 e. The summed E-state index contributed by atoms with van der Waals surface area (Å²) in [5.74, 6) is -3.43. The molecule has 0 saturated heterocycles. The second-order valence-corrected chi connectivity index (χ2v) is 6.96. The highest BCUT2D eigenvalue weighted by Crippen LogP contribution is 2.37. The number of nitrogens with zero attached hydrogens (tertiary/aromatic N) is 2. The fourth-order valence-electron chi connectivity index (χ4n) is 3.28. The zero-order valence-electron chi connectivity index (χ0n) is 15.2. The van der Waals surface area contributed by atoms with Crippen molar-refractivity contribution in [3.63, 3.8) is 0 Å². The Kier molecular flexibility index (Phi) is 4.93. The van der Waals surface area contributed by atoms with Gasteiger partial charge in [-0.3, -0.25) is 4.79 Å². The van der Waals surface area contributed by atoms with Crippen LogP contribution >= 0.6 is 11.6 Å². The molecule has 10 heteroatoms. The number of aromatic nitrogens is 2. The van der Waals surface area contributed by atoms with Gasteiger partial charge in [-0.2, -0.15) is 23.0 Å². The first kappa shape index (κ1) is 20.8. The zero-order chi connectivity index (χ0) is 22.5. The Balaban J connectivity index is 2.01. The van der Waals surface area contributed by atoms with Crippen LogP contribution in [0.2, 0.25) is 5.02 Å². The second-order valence-electron chi connectivity index (χ2n) is 6.56. The van der Waals surface area contributed by atoms with Gasteiger partial charge in [0.1, 0.15) is 23.1 Å². The third-order valence-electron chi connectivity index (χ3n) is 4.54. The molecule has 0 aliphatic rings. The first-order valence-corrected chi connectivity index (χ1v) is 9.03. The number of carbonyl (C=O) groups excluding carboxylic acids is 1. The molecule has 0 spiro atoms. The molecule has 1 heterocycles. The van der Waals surface area contributed by atoms with Crippen LogP contribution < -0.4 is 0 Å². The van der Waals surface area contributed by atoms with Crippen LogP contribution in [0.25, 0.3) is 22.2 Å². The van der Waals surface area contributed by atoms with Gasteiger partial charge in [-0.15, -0.1) is 0 Å². The Bertz CT molecular complexity index is 1330. The van der Waals surface area contributed by atoms with Crippen LogP contribution in [0.1, 0.15) is 15.9 Å². The molecule has 1 aromatic heterocycles. The Morgan fingerprint density at radius 3 is 2.42 bits per heavy atom. The Morgan fingerprint density at radius 2 is 1.74 bits per heavy atom. The second kappa shape index (κ2) is 7.35. The number of fused-ring (bicyclic) bond motifs is 1. The van der Waals surface area contributed by atoms with Gasteiger partial charge in [0.15, 0.2) is 0 Å². The molecule has 3 aromatic carbocycles. The molecule has 0 aliphatic carbocycles. The van der Waals surface area contributed by atoms with Crippen molar-refractivity contribution in [3.8, 4) is 17.0 Å². The summed E-state index contributed by atoms with van der Waals surface area (Å²) >= 11 is 5.91. The SMILES string of the molecule is O=C(c1c(Cl)cccc1C(F)(F)F)n1nc(-c2cc(O)cc(F)c2)c2c(F)cccc21. The number of aromatic hydroxyl groups is 1. The predicted octanol–water partition coefficient (Wildman–Crippen LogP) is 6.05. The summed E-state index contributed by atoms with van der Waals surface area (Å²) in [4.78, 5) is 13.1.